The summed E-state index contributed by atoms with van der Waals surface area (Å²) in [6, 6.07) is 0. The number of carbonyl (C=O) groups excluding carboxylic acids is 1. The number of rotatable bonds is 24. The normalized spacial score (nSPS) is 13.0. The molecule has 0 unspecified atom stereocenters. The van der Waals surface area contributed by atoms with E-state index < -0.39 is 5.31 Å². The van der Waals surface area contributed by atoms with Gasteiger partial charge in [0.05, 0.1) is 0 Å². The van der Waals surface area contributed by atoms with Gasteiger partial charge in [-0.25, -0.2) is 0 Å². The maximum atomic E-state index is 11.0. The molecule has 0 aromatic rings. The number of carbonyl (C=O) groups is 1. The van der Waals surface area contributed by atoms with Crippen LogP contribution in [-0.4, -0.2) is 37.0 Å². The zero-order valence-electron chi connectivity index (χ0n) is 22.2. The molecule has 0 saturated heterocycles. The summed E-state index contributed by atoms with van der Waals surface area (Å²) in [5.41, 5.74) is 0. The molecule has 0 N–H and O–H groups in total. The first-order valence-corrected chi connectivity index (χ1v) is 18.9. The topological polar surface area (TPSA) is 26.3 Å². The molecule has 0 bridgehead atoms. The molecule has 0 radical (unpaired) electrons. The van der Waals surface area contributed by atoms with Crippen LogP contribution in [0, 0.1) is 0 Å². The number of unbranched alkanes of at least 4 members (excludes halogenated alkanes) is 12. The minimum Gasteiger partial charge on any atom is -0.291 e. The van der Waals surface area contributed by atoms with Gasteiger partial charge in [-0.1, -0.05) is 6.58 Å². The van der Waals surface area contributed by atoms with Crippen LogP contribution >= 0.6 is 20.8 Å². The minimum absolute atomic E-state index is 0.0629. The Kier molecular flexibility index (Phi) is 19.5. The van der Waals surface area contributed by atoms with Gasteiger partial charge in [0.2, 0.25) is 0 Å². The van der Waals surface area contributed by atoms with Crippen molar-refractivity contribution in [2.75, 3.05) is 31.3 Å². The quantitative estimate of drug-likeness (QED) is 0.0532. The third-order valence-electron chi connectivity index (χ3n) is 6.99. The molecule has 0 aliphatic carbocycles. The van der Waals surface area contributed by atoms with Crippen molar-refractivity contribution in [3.05, 3.63) is 12.3 Å². The minimum atomic E-state index is -1.68. The summed E-state index contributed by atoms with van der Waals surface area (Å²) in [5.74, 6) is 0.240. The van der Waals surface area contributed by atoms with Crippen molar-refractivity contribution >= 4 is 26.6 Å². The molecule has 0 rings (SSSR count). The van der Waals surface area contributed by atoms with Crippen LogP contribution < -0.4 is 0 Å². The van der Waals surface area contributed by atoms with E-state index >= 15 is 0 Å². The molecule has 0 amide bonds. The first-order chi connectivity index (χ1) is 15.3. The van der Waals surface area contributed by atoms with Gasteiger partial charge in [-0.3, -0.25) is 4.79 Å². The van der Waals surface area contributed by atoms with Gasteiger partial charge < -0.3 is 4.74 Å². The third-order valence-corrected chi connectivity index (χ3v) is 17.0. The fourth-order valence-electron chi connectivity index (χ4n) is 4.65. The average molecular weight is 536 g/mol. The summed E-state index contributed by atoms with van der Waals surface area (Å²) in [5, 5.41) is -1.68. The number of ether oxygens (including phenoxy) is 1. The largest absolute Gasteiger partial charge is 0.291 e. The van der Waals surface area contributed by atoms with E-state index in [1.165, 1.54) is 128 Å². The van der Waals surface area contributed by atoms with Crippen molar-refractivity contribution in [2.45, 2.75) is 130 Å². The maximum absolute atomic E-state index is 11.0. The second-order valence-corrected chi connectivity index (χ2v) is 21.6. The molecule has 0 fully saturated rings. The van der Waals surface area contributed by atoms with Gasteiger partial charge in [0.15, 0.2) is 11.5 Å². The molecule has 4 heteroatoms. The van der Waals surface area contributed by atoms with Crippen molar-refractivity contribution in [3.63, 3.8) is 0 Å². The molecule has 0 atom stereocenters. The smallest absolute Gasteiger partial charge is 0.193 e. The first kappa shape index (κ1) is 32.1. The molecule has 0 aliphatic heterocycles. The van der Waals surface area contributed by atoms with E-state index in [0.29, 0.717) is 12.4 Å². The molecule has 192 valence electrons. The molecule has 0 aromatic carbocycles. The zero-order chi connectivity index (χ0) is 24.2. The summed E-state index contributed by atoms with van der Waals surface area (Å²) in [4.78, 5) is 11.0. The van der Waals surface area contributed by atoms with Gasteiger partial charge in [-0.15, -0.1) is 0 Å². The van der Waals surface area contributed by atoms with E-state index in [4.69, 9.17) is 4.74 Å². The van der Waals surface area contributed by atoms with E-state index in [2.05, 4.69) is 42.8 Å². The number of ketones is 1. The van der Waals surface area contributed by atoms with Crippen LogP contribution in [0.15, 0.2) is 12.3 Å². The van der Waals surface area contributed by atoms with Gasteiger partial charge in [0, 0.05) is 6.92 Å². The van der Waals surface area contributed by atoms with E-state index in [1.54, 1.807) is 0 Å². The number of halogens is 1. The van der Waals surface area contributed by atoms with Gasteiger partial charge in [-0.05, 0) is 0 Å². The van der Waals surface area contributed by atoms with Gasteiger partial charge >= 0.3 is 176 Å². The number of Topliss-reactive ketones (excluding diaryl/α,β-unsaturated/α-hetero) is 1. The monoisotopic (exact) mass is 534 g/mol. The summed E-state index contributed by atoms with van der Waals surface area (Å²) >= 11 is 4.54. The zero-order valence-corrected chi connectivity index (χ0v) is 24.7. The number of hydrogen-bond donors (Lipinski definition) is 0. The second-order valence-electron chi connectivity index (χ2n) is 10.1. The van der Waals surface area contributed by atoms with Crippen molar-refractivity contribution in [1.82, 2.24) is 0 Å². The van der Waals surface area contributed by atoms with E-state index in [0.717, 1.165) is 6.42 Å². The first-order valence-electron chi connectivity index (χ1n) is 13.9. The van der Waals surface area contributed by atoms with Crippen LogP contribution in [0.3, 0.4) is 0 Å². The second kappa shape index (κ2) is 19.4. The molecule has 0 heterocycles. The molecule has 0 aliphatic rings. The summed E-state index contributed by atoms with van der Waals surface area (Å²) in [7, 11) is 0. The van der Waals surface area contributed by atoms with Crippen LogP contribution in [-0.2, 0) is 9.53 Å². The molecule has 0 spiro atoms. The van der Waals surface area contributed by atoms with Gasteiger partial charge in [0.25, 0.3) is 0 Å². The van der Waals surface area contributed by atoms with E-state index in [1.807, 2.05) is 0 Å². The fourth-order valence-corrected chi connectivity index (χ4v) is 13.3. The van der Waals surface area contributed by atoms with Crippen LogP contribution in [0.4, 0.5) is 0 Å². The number of allylic oxidation sites excluding steroid dienone is 1. The van der Waals surface area contributed by atoms with E-state index in [-0.39, 0.29) is 5.78 Å². The molecule has 2 nitrogen and oxygen atoms in total. The van der Waals surface area contributed by atoms with Crippen molar-refractivity contribution in [3.8, 4) is 0 Å². The predicted octanol–water partition coefficient (Wildman–Crippen LogP) is 10.3. The van der Waals surface area contributed by atoms with Crippen LogP contribution in [0.1, 0.15) is 130 Å². The predicted molar refractivity (Wildman–Crippen MR) is 152 cm³/mol. The maximum Gasteiger partial charge on any atom is 0.193 e. The summed E-state index contributed by atoms with van der Waals surface area (Å²) in [6.07, 6.45) is 27.4. The molecule has 0 saturated carbocycles. The Labute approximate surface area is 209 Å². The van der Waals surface area contributed by atoms with Crippen LogP contribution in [0.2, 0.25) is 0 Å². The van der Waals surface area contributed by atoms with Crippen LogP contribution in [0.5, 0.6) is 0 Å². The Hall–Kier alpha value is 0.120. The Morgan fingerprint density at radius 1 is 0.656 bits per heavy atom. The van der Waals surface area contributed by atoms with Crippen LogP contribution in [0.25, 0.3) is 0 Å². The van der Waals surface area contributed by atoms with Crippen molar-refractivity contribution in [2.24, 2.45) is 0 Å². The van der Waals surface area contributed by atoms with Crippen molar-refractivity contribution < 1.29 is 9.53 Å². The summed E-state index contributed by atoms with van der Waals surface area (Å²) < 4.78 is 5.34. The average Bonchev–Trinajstić information content (AvgIpc) is 2.78. The Bertz CT molecular complexity index is 467. The molecular formula is C28H56BrO2P. The molecular weight excluding hydrogens is 479 g/mol. The SMILES string of the molecule is C=C(OCCCCCCCCCCCCP(Br)(CCCC)(CCCC)CCCC)C(C)=O. The van der Waals surface area contributed by atoms with E-state index in [9.17, 15) is 4.79 Å². The third kappa shape index (κ3) is 15.9. The number of hydrogen-bond acceptors (Lipinski definition) is 2. The summed E-state index contributed by atoms with van der Waals surface area (Å²) in [6.45, 7) is 12.8. The van der Waals surface area contributed by atoms with Gasteiger partial charge in [0.1, 0.15) is 0 Å². The Morgan fingerprint density at radius 2 is 1.00 bits per heavy atom. The Balaban J connectivity index is 3.99. The molecule has 0 aromatic heterocycles. The molecule has 32 heavy (non-hydrogen) atoms. The fraction of sp³-hybridized carbons (Fsp3) is 0.893. The Morgan fingerprint density at radius 3 is 1.38 bits per heavy atom. The standard InChI is InChI=1S/C28H56BrO2P/c1-6-9-23-32(29,24-10-7-2,25-11-8-3)26-21-19-17-15-13-12-14-16-18-20-22-31-28(5)27(4)30/h5-26H2,1-4H3. The van der Waals surface area contributed by atoms with Crippen molar-refractivity contribution in [1.29, 1.82) is 0 Å². The van der Waals surface area contributed by atoms with Gasteiger partial charge in [-0.2, -0.15) is 0 Å².